The molecule has 0 heterocycles. The van der Waals surface area contributed by atoms with Gasteiger partial charge in [0.15, 0.2) is 0 Å². The average molecular weight is 224 g/mol. The molecule has 2 aromatic rings. The molecule has 0 atom stereocenters. The lowest BCUT2D eigenvalue weighted by atomic mass is 9.79. The molecule has 3 heteroatoms. The second-order valence-electron chi connectivity index (χ2n) is 3.83. The van der Waals surface area contributed by atoms with Crippen LogP contribution in [0.1, 0.15) is 5.56 Å². The van der Waals surface area contributed by atoms with E-state index < -0.39 is 7.12 Å². The molecular weight excluding hydrogens is 211 g/mol. The zero-order chi connectivity index (χ0) is 12.3. The van der Waals surface area contributed by atoms with Gasteiger partial charge in [0.05, 0.1) is 0 Å². The summed E-state index contributed by atoms with van der Waals surface area (Å²) in [7, 11) is -1.43. The van der Waals surface area contributed by atoms with Gasteiger partial charge in [0.1, 0.15) is 0 Å². The van der Waals surface area contributed by atoms with E-state index in [2.05, 4.69) is 6.58 Å². The summed E-state index contributed by atoms with van der Waals surface area (Å²) < 4.78 is 0. The highest BCUT2D eigenvalue weighted by molar-refractivity contribution is 6.58. The molecule has 0 bridgehead atoms. The first-order chi connectivity index (χ1) is 8.20. The van der Waals surface area contributed by atoms with E-state index in [1.807, 2.05) is 36.4 Å². The molecule has 0 saturated carbocycles. The third-order valence-electron chi connectivity index (χ3n) is 2.66. The van der Waals surface area contributed by atoms with Crippen LogP contribution in [0.15, 0.2) is 55.1 Å². The Morgan fingerprint density at radius 3 is 2.24 bits per heavy atom. The van der Waals surface area contributed by atoms with Crippen LogP contribution in [0.4, 0.5) is 0 Å². The number of rotatable bonds is 3. The van der Waals surface area contributed by atoms with E-state index in [4.69, 9.17) is 10.0 Å². The van der Waals surface area contributed by atoms with Gasteiger partial charge in [0, 0.05) is 0 Å². The van der Waals surface area contributed by atoms with E-state index >= 15 is 0 Å². The zero-order valence-electron chi connectivity index (χ0n) is 9.38. The van der Waals surface area contributed by atoms with Crippen molar-refractivity contribution in [3.05, 3.63) is 60.7 Å². The van der Waals surface area contributed by atoms with Gasteiger partial charge in [-0.25, -0.2) is 0 Å². The highest BCUT2D eigenvalue weighted by Crippen LogP contribution is 2.19. The van der Waals surface area contributed by atoms with Crippen LogP contribution in [-0.2, 0) is 0 Å². The molecule has 0 saturated heterocycles. The van der Waals surface area contributed by atoms with Crippen molar-refractivity contribution in [2.45, 2.75) is 0 Å². The minimum absolute atomic E-state index is 0.496. The van der Waals surface area contributed by atoms with Gasteiger partial charge in [-0.3, -0.25) is 0 Å². The van der Waals surface area contributed by atoms with Gasteiger partial charge in [-0.05, 0) is 22.2 Å². The lowest BCUT2D eigenvalue weighted by molar-refractivity contribution is 0.426. The molecule has 2 rings (SSSR count). The first-order valence-electron chi connectivity index (χ1n) is 5.39. The lowest BCUT2D eigenvalue weighted by Crippen LogP contribution is -2.29. The van der Waals surface area contributed by atoms with E-state index in [1.54, 1.807) is 18.2 Å². The molecule has 17 heavy (non-hydrogen) atoms. The van der Waals surface area contributed by atoms with Crippen molar-refractivity contribution in [2.75, 3.05) is 0 Å². The second kappa shape index (κ2) is 5.00. The Morgan fingerprint density at radius 2 is 1.65 bits per heavy atom. The van der Waals surface area contributed by atoms with E-state index in [0.29, 0.717) is 5.46 Å². The third kappa shape index (κ3) is 2.64. The molecule has 2 aromatic carbocycles. The van der Waals surface area contributed by atoms with Crippen LogP contribution >= 0.6 is 0 Å². The van der Waals surface area contributed by atoms with Crippen LogP contribution in [0.2, 0.25) is 0 Å². The van der Waals surface area contributed by atoms with Crippen LogP contribution in [-0.4, -0.2) is 17.2 Å². The zero-order valence-corrected chi connectivity index (χ0v) is 9.38. The smallest absolute Gasteiger partial charge is 0.423 e. The Kier molecular flexibility index (Phi) is 3.42. The molecule has 0 unspecified atom stereocenters. The first kappa shape index (κ1) is 11.6. The third-order valence-corrected chi connectivity index (χ3v) is 2.66. The van der Waals surface area contributed by atoms with Crippen molar-refractivity contribution in [1.29, 1.82) is 0 Å². The topological polar surface area (TPSA) is 40.5 Å². The minimum Gasteiger partial charge on any atom is -0.423 e. The Morgan fingerprint density at radius 1 is 0.941 bits per heavy atom. The van der Waals surface area contributed by atoms with Gasteiger partial charge >= 0.3 is 7.12 Å². The van der Waals surface area contributed by atoms with Crippen molar-refractivity contribution in [2.24, 2.45) is 0 Å². The van der Waals surface area contributed by atoms with Crippen LogP contribution in [0.25, 0.3) is 17.2 Å². The van der Waals surface area contributed by atoms with Crippen molar-refractivity contribution in [3.63, 3.8) is 0 Å². The minimum atomic E-state index is -1.43. The number of hydrogen-bond donors (Lipinski definition) is 2. The lowest BCUT2D eigenvalue weighted by Gasteiger charge is -2.05. The summed E-state index contributed by atoms with van der Waals surface area (Å²) in [6.07, 6.45) is 1.79. The molecular formula is C14H13BO2. The molecule has 0 fully saturated rings. The Labute approximate surface area is 101 Å². The van der Waals surface area contributed by atoms with Crippen molar-refractivity contribution >= 4 is 18.7 Å². The van der Waals surface area contributed by atoms with Gasteiger partial charge in [-0.1, -0.05) is 61.2 Å². The fourth-order valence-electron chi connectivity index (χ4n) is 1.69. The number of hydrogen-bond acceptors (Lipinski definition) is 2. The van der Waals surface area contributed by atoms with Gasteiger partial charge < -0.3 is 10.0 Å². The highest BCUT2D eigenvalue weighted by Gasteiger charge is 2.10. The largest absolute Gasteiger partial charge is 0.488 e. The molecule has 0 amide bonds. The second-order valence-corrected chi connectivity index (χ2v) is 3.83. The fraction of sp³-hybridized carbons (Fsp3) is 0. The molecule has 0 radical (unpaired) electrons. The normalized spacial score (nSPS) is 10.0. The molecule has 2 N–H and O–H groups in total. The van der Waals surface area contributed by atoms with Crippen LogP contribution < -0.4 is 5.46 Å². The first-order valence-corrected chi connectivity index (χ1v) is 5.39. The summed E-state index contributed by atoms with van der Waals surface area (Å²) in [5.74, 6) is 0. The monoisotopic (exact) mass is 224 g/mol. The Hall–Kier alpha value is -1.84. The van der Waals surface area contributed by atoms with Crippen LogP contribution in [0.5, 0.6) is 0 Å². The van der Waals surface area contributed by atoms with Crippen LogP contribution in [0, 0.1) is 0 Å². The van der Waals surface area contributed by atoms with Crippen molar-refractivity contribution in [3.8, 4) is 11.1 Å². The van der Waals surface area contributed by atoms with Crippen molar-refractivity contribution in [1.82, 2.24) is 0 Å². The summed E-state index contributed by atoms with van der Waals surface area (Å²) in [4.78, 5) is 0. The molecule has 2 nitrogen and oxygen atoms in total. The Balaban J connectivity index is 2.38. The predicted octanol–water partition coefficient (Wildman–Crippen LogP) is 1.68. The standard InChI is InChI=1S/C14H13BO2/c1-2-11-6-8-12(9-7-11)13-4-3-5-14(10-13)15(16)17/h2-10,16-17H,1H2. The summed E-state index contributed by atoms with van der Waals surface area (Å²) in [6.45, 7) is 3.70. The van der Waals surface area contributed by atoms with E-state index in [9.17, 15) is 0 Å². The molecule has 0 aliphatic rings. The molecule has 0 aromatic heterocycles. The van der Waals surface area contributed by atoms with Gasteiger partial charge in [0.25, 0.3) is 0 Å². The number of benzene rings is 2. The molecule has 84 valence electrons. The fourth-order valence-corrected chi connectivity index (χ4v) is 1.69. The van der Waals surface area contributed by atoms with Gasteiger partial charge in [0.2, 0.25) is 0 Å². The van der Waals surface area contributed by atoms with E-state index in [1.165, 1.54) is 0 Å². The van der Waals surface area contributed by atoms with Crippen LogP contribution in [0.3, 0.4) is 0 Å². The maximum atomic E-state index is 9.12. The summed E-state index contributed by atoms with van der Waals surface area (Å²) in [5, 5.41) is 18.2. The predicted molar refractivity (Wildman–Crippen MR) is 71.8 cm³/mol. The molecule has 0 aliphatic heterocycles. The highest BCUT2D eigenvalue weighted by atomic mass is 16.4. The van der Waals surface area contributed by atoms with Crippen molar-refractivity contribution < 1.29 is 10.0 Å². The summed E-state index contributed by atoms with van der Waals surface area (Å²) in [6, 6.07) is 15.1. The summed E-state index contributed by atoms with van der Waals surface area (Å²) in [5.41, 5.74) is 3.56. The molecule has 0 spiro atoms. The summed E-state index contributed by atoms with van der Waals surface area (Å²) >= 11 is 0. The van der Waals surface area contributed by atoms with E-state index in [-0.39, 0.29) is 0 Å². The maximum Gasteiger partial charge on any atom is 0.488 e. The quantitative estimate of drug-likeness (QED) is 0.778. The molecule has 0 aliphatic carbocycles. The maximum absolute atomic E-state index is 9.12. The van der Waals surface area contributed by atoms with E-state index in [0.717, 1.165) is 16.7 Å². The SMILES string of the molecule is C=Cc1ccc(-c2cccc(B(O)O)c2)cc1. The Bertz CT molecular complexity index is 518. The van der Waals surface area contributed by atoms with Gasteiger partial charge in [-0.15, -0.1) is 0 Å². The van der Waals surface area contributed by atoms with Gasteiger partial charge in [-0.2, -0.15) is 0 Å². The average Bonchev–Trinajstić information content (AvgIpc) is 2.39.